The van der Waals surface area contributed by atoms with E-state index in [1.807, 2.05) is 11.0 Å². The number of rotatable bonds is 2. The van der Waals surface area contributed by atoms with Crippen LogP contribution in [0.5, 0.6) is 0 Å². The summed E-state index contributed by atoms with van der Waals surface area (Å²) in [4.78, 5) is 16.6. The molecule has 1 heterocycles. The molecule has 2 rings (SSSR count). The van der Waals surface area contributed by atoms with Gasteiger partial charge < -0.3 is 9.80 Å². The molecule has 0 aliphatic carbocycles. The van der Waals surface area contributed by atoms with Crippen LogP contribution >= 0.6 is 27.5 Å². The molecular weight excluding hydrogens is 316 g/mol. The summed E-state index contributed by atoms with van der Waals surface area (Å²) in [6.07, 6.45) is 0. The van der Waals surface area contributed by atoms with E-state index < -0.39 is 0 Å². The first-order valence-corrected chi connectivity index (χ1v) is 7.25. The Morgan fingerprint density at radius 3 is 2.50 bits per heavy atom. The highest BCUT2D eigenvalue weighted by molar-refractivity contribution is 9.10. The molecule has 1 aliphatic heterocycles. The first-order chi connectivity index (χ1) is 8.60. The van der Waals surface area contributed by atoms with Gasteiger partial charge in [-0.05, 0) is 24.7 Å². The summed E-state index contributed by atoms with van der Waals surface area (Å²) in [5, 5.41) is 0.583. The number of carbonyl (C=O) groups excluding carboxylic acids is 1. The molecule has 0 N–H and O–H groups in total. The monoisotopic (exact) mass is 330 g/mol. The van der Waals surface area contributed by atoms with Gasteiger partial charge in [0, 0.05) is 41.2 Å². The standard InChI is InChI=1S/C13H16BrClN2O/c1-2-16-3-5-17(6-4-16)13(18)10-7-11(14)9-12(15)8-10/h7-9H,2-6H2,1H3. The van der Waals surface area contributed by atoms with Crippen molar-refractivity contribution in [3.8, 4) is 0 Å². The van der Waals surface area contributed by atoms with Gasteiger partial charge in [-0.15, -0.1) is 0 Å². The number of benzene rings is 1. The van der Waals surface area contributed by atoms with Crippen LogP contribution in [0.2, 0.25) is 5.02 Å². The zero-order valence-corrected chi connectivity index (χ0v) is 12.7. The maximum atomic E-state index is 12.3. The van der Waals surface area contributed by atoms with Crippen molar-refractivity contribution in [3.05, 3.63) is 33.3 Å². The van der Waals surface area contributed by atoms with Gasteiger partial charge in [0.05, 0.1) is 0 Å². The van der Waals surface area contributed by atoms with E-state index in [2.05, 4.69) is 27.8 Å². The Labute approximate surface area is 121 Å². The Morgan fingerprint density at radius 1 is 1.28 bits per heavy atom. The van der Waals surface area contributed by atoms with Gasteiger partial charge in [0.1, 0.15) is 0 Å². The molecule has 0 radical (unpaired) electrons. The second-order valence-electron chi connectivity index (χ2n) is 4.38. The fourth-order valence-electron chi connectivity index (χ4n) is 2.13. The maximum absolute atomic E-state index is 12.3. The fraction of sp³-hybridized carbons (Fsp3) is 0.462. The predicted octanol–water partition coefficient (Wildman–Crippen LogP) is 2.88. The highest BCUT2D eigenvalue weighted by Crippen LogP contribution is 2.21. The van der Waals surface area contributed by atoms with Crippen molar-refractivity contribution in [2.75, 3.05) is 32.7 Å². The van der Waals surface area contributed by atoms with Crippen molar-refractivity contribution in [1.82, 2.24) is 9.80 Å². The normalized spacial score (nSPS) is 16.9. The predicted molar refractivity (Wildman–Crippen MR) is 77.2 cm³/mol. The number of hydrogen-bond donors (Lipinski definition) is 0. The molecule has 1 aromatic rings. The van der Waals surface area contributed by atoms with Crippen molar-refractivity contribution >= 4 is 33.4 Å². The minimum atomic E-state index is 0.0638. The van der Waals surface area contributed by atoms with Gasteiger partial charge in [-0.2, -0.15) is 0 Å². The summed E-state index contributed by atoms with van der Waals surface area (Å²) < 4.78 is 0.838. The number of carbonyl (C=O) groups is 1. The van der Waals surface area contributed by atoms with Crippen LogP contribution < -0.4 is 0 Å². The summed E-state index contributed by atoms with van der Waals surface area (Å²) in [7, 11) is 0. The lowest BCUT2D eigenvalue weighted by Gasteiger charge is -2.34. The van der Waals surface area contributed by atoms with E-state index in [4.69, 9.17) is 11.6 Å². The second-order valence-corrected chi connectivity index (χ2v) is 5.74. The molecule has 1 fully saturated rings. The molecule has 0 spiro atoms. The van der Waals surface area contributed by atoms with Crippen LogP contribution in [0.4, 0.5) is 0 Å². The summed E-state index contributed by atoms with van der Waals surface area (Å²) >= 11 is 9.33. The van der Waals surface area contributed by atoms with E-state index in [1.165, 1.54) is 0 Å². The van der Waals surface area contributed by atoms with Crippen molar-refractivity contribution in [2.45, 2.75) is 6.92 Å². The third-order valence-electron chi connectivity index (χ3n) is 3.22. The number of likely N-dealkylation sites (N-methyl/N-ethyl adjacent to an activating group) is 1. The second kappa shape index (κ2) is 6.04. The fourth-order valence-corrected chi connectivity index (χ4v) is 2.99. The van der Waals surface area contributed by atoms with Crippen LogP contribution in [-0.2, 0) is 0 Å². The van der Waals surface area contributed by atoms with Gasteiger partial charge in [-0.1, -0.05) is 34.5 Å². The van der Waals surface area contributed by atoms with Crippen LogP contribution in [-0.4, -0.2) is 48.4 Å². The Bertz CT molecular complexity index is 424. The summed E-state index contributed by atoms with van der Waals surface area (Å²) in [6, 6.07) is 5.33. The number of nitrogens with zero attached hydrogens (tertiary/aromatic N) is 2. The van der Waals surface area contributed by atoms with Gasteiger partial charge in [0.2, 0.25) is 0 Å². The van der Waals surface area contributed by atoms with Crippen LogP contribution in [0.25, 0.3) is 0 Å². The first kappa shape index (κ1) is 13.8. The van der Waals surface area contributed by atoms with E-state index in [-0.39, 0.29) is 5.91 Å². The van der Waals surface area contributed by atoms with Gasteiger partial charge in [0.15, 0.2) is 0 Å². The zero-order valence-electron chi connectivity index (χ0n) is 10.3. The number of amides is 1. The molecule has 5 heteroatoms. The third kappa shape index (κ3) is 3.25. The summed E-state index contributed by atoms with van der Waals surface area (Å²) in [6.45, 7) is 6.66. The topological polar surface area (TPSA) is 23.6 Å². The van der Waals surface area contributed by atoms with E-state index in [0.29, 0.717) is 10.6 Å². The highest BCUT2D eigenvalue weighted by atomic mass is 79.9. The molecule has 0 unspecified atom stereocenters. The van der Waals surface area contributed by atoms with Crippen molar-refractivity contribution in [1.29, 1.82) is 0 Å². The van der Waals surface area contributed by atoms with E-state index in [0.717, 1.165) is 37.2 Å². The van der Waals surface area contributed by atoms with Crippen LogP contribution in [0.3, 0.4) is 0 Å². The van der Waals surface area contributed by atoms with Crippen molar-refractivity contribution in [2.24, 2.45) is 0 Å². The maximum Gasteiger partial charge on any atom is 0.254 e. The van der Waals surface area contributed by atoms with Crippen LogP contribution in [0.15, 0.2) is 22.7 Å². The molecule has 1 aromatic carbocycles. The van der Waals surface area contributed by atoms with E-state index >= 15 is 0 Å². The van der Waals surface area contributed by atoms with Crippen LogP contribution in [0.1, 0.15) is 17.3 Å². The SMILES string of the molecule is CCN1CCN(C(=O)c2cc(Cl)cc(Br)c2)CC1. The number of piperazine rings is 1. The Balaban J connectivity index is 2.07. The molecule has 0 saturated carbocycles. The Hall–Kier alpha value is -0.580. The summed E-state index contributed by atoms with van der Waals surface area (Å²) in [5.41, 5.74) is 0.652. The molecule has 1 amide bonds. The largest absolute Gasteiger partial charge is 0.336 e. The number of halogens is 2. The Kier molecular flexibility index (Phi) is 4.65. The molecule has 0 aromatic heterocycles. The van der Waals surface area contributed by atoms with Gasteiger partial charge >= 0.3 is 0 Å². The van der Waals surface area contributed by atoms with Gasteiger partial charge in [-0.3, -0.25) is 4.79 Å². The zero-order chi connectivity index (χ0) is 13.1. The van der Waals surface area contributed by atoms with Crippen LogP contribution in [0, 0.1) is 0 Å². The lowest BCUT2D eigenvalue weighted by Crippen LogP contribution is -2.48. The Morgan fingerprint density at radius 2 is 1.94 bits per heavy atom. The minimum absolute atomic E-state index is 0.0638. The van der Waals surface area contributed by atoms with E-state index in [1.54, 1.807) is 12.1 Å². The third-order valence-corrected chi connectivity index (χ3v) is 3.89. The van der Waals surface area contributed by atoms with E-state index in [9.17, 15) is 4.79 Å². The lowest BCUT2D eigenvalue weighted by atomic mass is 10.2. The van der Waals surface area contributed by atoms with Crippen molar-refractivity contribution in [3.63, 3.8) is 0 Å². The quantitative estimate of drug-likeness (QED) is 0.832. The first-order valence-electron chi connectivity index (χ1n) is 6.08. The molecule has 3 nitrogen and oxygen atoms in total. The average Bonchev–Trinajstić information content (AvgIpc) is 2.37. The molecule has 98 valence electrons. The molecule has 0 bridgehead atoms. The molecule has 1 saturated heterocycles. The lowest BCUT2D eigenvalue weighted by molar-refractivity contribution is 0.0643. The summed E-state index contributed by atoms with van der Waals surface area (Å²) in [5.74, 6) is 0.0638. The smallest absolute Gasteiger partial charge is 0.254 e. The molecule has 18 heavy (non-hydrogen) atoms. The molecular formula is C13H16BrClN2O. The molecule has 0 atom stereocenters. The molecule has 1 aliphatic rings. The average molecular weight is 332 g/mol. The van der Waals surface area contributed by atoms with Gasteiger partial charge in [0.25, 0.3) is 5.91 Å². The van der Waals surface area contributed by atoms with Gasteiger partial charge in [-0.25, -0.2) is 0 Å². The minimum Gasteiger partial charge on any atom is -0.336 e. The highest BCUT2D eigenvalue weighted by Gasteiger charge is 2.21. The van der Waals surface area contributed by atoms with Crippen molar-refractivity contribution < 1.29 is 4.79 Å². The number of hydrogen-bond acceptors (Lipinski definition) is 2.